The molecule has 1 aromatic rings. The van der Waals surface area contributed by atoms with Gasteiger partial charge in [-0.05, 0) is 25.5 Å². The highest BCUT2D eigenvalue weighted by Crippen LogP contribution is 2.21. The Morgan fingerprint density at radius 1 is 1.47 bits per heavy atom. The third-order valence-corrected chi connectivity index (χ3v) is 2.62. The second-order valence-corrected chi connectivity index (χ2v) is 4.05. The molecule has 0 saturated carbocycles. The molecule has 0 atom stereocenters. The van der Waals surface area contributed by atoms with Crippen LogP contribution in [-0.2, 0) is 6.54 Å². The molecule has 0 unspecified atom stereocenters. The van der Waals surface area contributed by atoms with Crippen LogP contribution in [0.3, 0.4) is 0 Å². The van der Waals surface area contributed by atoms with E-state index in [2.05, 4.69) is 5.16 Å². The van der Waals surface area contributed by atoms with Gasteiger partial charge in [-0.3, -0.25) is 4.79 Å². The number of rotatable bonds is 4. The van der Waals surface area contributed by atoms with Gasteiger partial charge in [0.15, 0.2) is 5.84 Å². The molecule has 1 rings (SSSR count). The topological polar surface area (TPSA) is 80.6 Å². The Kier molecular flexibility index (Phi) is 4.57. The van der Waals surface area contributed by atoms with Crippen LogP contribution in [0.15, 0.2) is 22.1 Å². The number of nitrogens with zero attached hydrogens (tertiary/aromatic N) is 2. The summed E-state index contributed by atoms with van der Waals surface area (Å²) in [6.07, 6.45) is -5.42. The summed E-state index contributed by atoms with van der Waals surface area (Å²) in [6, 6.07) is 2.90. The third kappa shape index (κ3) is 4.01. The van der Waals surface area contributed by atoms with Crippen molar-refractivity contribution in [2.24, 2.45) is 10.9 Å². The lowest BCUT2D eigenvalue weighted by molar-refractivity contribution is -0.135. The van der Waals surface area contributed by atoms with Crippen molar-refractivity contribution >= 4 is 5.84 Å². The van der Waals surface area contributed by atoms with Gasteiger partial charge in [-0.1, -0.05) is 5.16 Å². The highest BCUT2D eigenvalue weighted by molar-refractivity contribution is 5.96. The Morgan fingerprint density at radius 3 is 2.63 bits per heavy atom. The Bertz CT molecular complexity index is 535. The molecule has 0 fully saturated rings. The van der Waals surface area contributed by atoms with Crippen LogP contribution >= 0.6 is 0 Å². The first-order chi connectivity index (χ1) is 8.76. The minimum absolute atomic E-state index is 0.0416. The Hall–Kier alpha value is -1.99. The van der Waals surface area contributed by atoms with Gasteiger partial charge in [-0.25, -0.2) is 0 Å². The van der Waals surface area contributed by atoms with Gasteiger partial charge >= 0.3 is 6.18 Å². The van der Waals surface area contributed by atoms with Gasteiger partial charge in [-0.15, -0.1) is 0 Å². The summed E-state index contributed by atoms with van der Waals surface area (Å²) in [5.74, 6) is -0.366. The molecule has 5 nitrogen and oxygen atoms in total. The largest absolute Gasteiger partial charge is 0.409 e. The van der Waals surface area contributed by atoms with Crippen LogP contribution in [0.1, 0.15) is 24.1 Å². The zero-order chi connectivity index (χ0) is 14.6. The molecular formula is C11H14F3N3O2. The number of pyridine rings is 1. The van der Waals surface area contributed by atoms with Crippen molar-refractivity contribution in [2.75, 3.05) is 0 Å². The van der Waals surface area contributed by atoms with E-state index in [9.17, 15) is 18.0 Å². The van der Waals surface area contributed by atoms with Crippen LogP contribution in [0.5, 0.6) is 0 Å². The van der Waals surface area contributed by atoms with Crippen LogP contribution in [0.4, 0.5) is 13.2 Å². The number of hydrogen-bond donors (Lipinski definition) is 2. The van der Waals surface area contributed by atoms with E-state index >= 15 is 0 Å². The number of aromatic nitrogens is 1. The summed E-state index contributed by atoms with van der Waals surface area (Å²) in [4.78, 5) is 12.0. The molecule has 0 saturated heterocycles. The maximum Gasteiger partial charge on any atom is 0.389 e. The van der Waals surface area contributed by atoms with Crippen molar-refractivity contribution in [3.8, 4) is 0 Å². The first-order valence-corrected chi connectivity index (χ1v) is 5.51. The van der Waals surface area contributed by atoms with E-state index in [0.717, 1.165) is 0 Å². The first kappa shape index (κ1) is 15.1. The second kappa shape index (κ2) is 5.77. The third-order valence-electron chi connectivity index (χ3n) is 2.62. The molecule has 0 bridgehead atoms. The summed E-state index contributed by atoms with van der Waals surface area (Å²) in [5.41, 5.74) is 5.22. The molecule has 0 aliphatic carbocycles. The molecule has 0 aliphatic heterocycles. The summed E-state index contributed by atoms with van der Waals surface area (Å²) < 4.78 is 37.4. The lowest BCUT2D eigenvalue weighted by atomic mass is 10.2. The Labute approximate surface area is 107 Å². The molecule has 0 radical (unpaired) electrons. The van der Waals surface area contributed by atoms with Crippen LogP contribution in [-0.4, -0.2) is 21.8 Å². The molecule has 0 spiro atoms. The molecule has 0 aliphatic rings. The van der Waals surface area contributed by atoms with Crippen molar-refractivity contribution < 1.29 is 18.4 Å². The summed E-state index contributed by atoms with van der Waals surface area (Å²) in [7, 11) is 0. The van der Waals surface area contributed by atoms with E-state index in [1.54, 1.807) is 6.92 Å². The van der Waals surface area contributed by atoms with Gasteiger partial charge in [0, 0.05) is 18.7 Å². The highest BCUT2D eigenvalue weighted by Gasteiger charge is 2.26. The molecule has 19 heavy (non-hydrogen) atoms. The predicted molar refractivity (Wildman–Crippen MR) is 63.2 cm³/mol. The highest BCUT2D eigenvalue weighted by atomic mass is 19.4. The average Bonchev–Trinajstić information content (AvgIpc) is 2.31. The maximum absolute atomic E-state index is 12.1. The molecule has 1 heterocycles. The standard InChI is InChI=1S/C11H14F3N3O2/c1-7-3-4-8(9(15)16-19)10(18)17(7)6-2-5-11(12,13)14/h3-4,19H,2,5-6H2,1H3,(H2,15,16). The fourth-order valence-corrected chi connectivity index (χ4v) is 1.64. The fraction of sp³-hybridized carbons (Fsp3) is 0.455. The molecule has 8 heteroatoms. The van der Waals surface area contributed by atoms with Crippen molar-refractivity contribution in [3.63, 3.8) is 0 Å². The van der Waals surface area contributed by atoms with Crippen molar-refractivity contribution in [1.29, 1.82) is 0 Å². The normalized spacial score (nSPS) is 12.7. The average molecular weight is 277 g/mol. The summed E-state index contributed by atoms with van der Waals surface area (Å²) in [5, 5.41) is 11.2. The number of nitrogens with two attached hydrogens (primary N) is 1. The van der Waals surface area contributed by atoms with Crippen molar-refractivity contribution in [3.05, 3.63) is 33.7 Å². The number of amidine groups is 1. The number of alkyl halides is 3. The Balaban J connectivity index is 2.98. The molecular weight excluding hydrogens is 263 g/mol. The summed E-state index contributed by atoms with van der Waals surface area (Å²) in [6.45, 7) is 1.53. The quantitative estimate of drug-likeness (QED) is 0.379. The lowest BCUT2D eigenvalue weighted by Crippen LogP contribution is -2.31. The van der Waals surface area contributed by atoms with Gasteiger partial charge in [-0.2, -0.15) is 13.2 Å². The number of aryl methyl sites for hydroxylation is 1. The zero-order valence-electron chi connectivity index (χ0n) is 10.2. The van der Waals surface area contributed by atoms with E-state index in [1.807, 2.05) is 0 Å². The van der Waals surface area contributed by atoms with E-state index in [0.29, 0.717) is 5.69 Å². The van der Waals surface area contributed by atoms with Crippen molar-refractivity contribution in [2.45, 2.75) is 32.5 Å². The van der Waals surface area contributed by atoms with E-state index < -0.39 is 18.2 Å². The van der Waals surface area contributed by atoms with E-state index in [-0.39, 0.29) is 24.4 Å². The van der Waals surface area contributed by atoms with Gasteiger partial charge in [0.05, 0.1) is 5.56 Å². The SMILES string of the molecule is Cc1ccc(/C(N)=N/O)c(=O)n1CCCC(F)(F)F. The molecule has 1 aromatic heterocycles. The minimum atomic E-state index is -4.25. The van der Waals surface area contributed by atoms with Gasteiger partial charge in [0.1, 0.15) is 0 Å². The van der Waals surface area contributed by atoms with Crippen LogP contribution < -0.4 is 11.3 Å². The number of oxime groups is 1. The van der Waals surface area contributed by atoms with Crippen molar-refractivity contribution in [1.82, 2.24) is 4.57 Å². The predicted octanol–water partition coefficient (Wildman–Crippen LogP) is 1.59. The van der Waals surface area contributed by atoms with Crippen LogP contribution in [0, 0.1) is 6.92 Å². The monoisotopic (exact) mass is 277 g/mol. The van der Waals surface area contributed by atoms with Gasteiger partial charge in [0.2, 0.25) is 0 Å². The van der Waals surface area contributed by atoms with Crippen LogP contribution in [0.25, 0.3) is 0 Å². The van der Waals surface area contributed by atoms with E-state index in [4.69, 9.17) is 10.9 Å². The zero-order valence-corrected chi connectivity index (χ0v) is 10.2. The minimum Gasteiger partial charge on any atom is -0.409 e. The molecule has 0 amide bonds. The maximum atomic E-state index is 12.1. The Morgan fingerprint density at radius 2 is 2.11 bits per heavy atom. The van der Waals surface area contributed by atoms with Gasteiger partial charge < -0.3 is 15.5 Å². The smallest absolute Gasteiger partial charge is 0.389 e. The summed E-state index contributed by atoms with van der Waals surface area (Å²) >= 11 is 0. The lowest BCUT2D eigenvalue weighted by Gasteiger charge is -2.12. The van der Waals surface area contributed by atoms with E-state index in [1.165, 1.54) is 16.7 Å². The van der Waals surface area contributed by atoms with Crippen LogP contribution in [0.2, 0.25) is 0 Å². The molecule has 0 aromatic carbocycles. The number of hydrogen-bond acceptors (Lipinski definition) is 3. The van der Waals surface area contributed by atoms with Gasteiger partial charge in [0.25, 0.3) is 5.56 Å². The molecule has 106 valence electrons. The first-order valence-electron chi connectivity index (χ1n) is 5.51. The molecule has 3 N–H and O–H groups in total. The number of halogens is 3. The fourth-order valence-electron chi connectivity index (χ4n) is 1.64. The second-order valence-electron chi connectivity index (χ2n) is 4.05.